The summed E-state index contributed by atoms with van der Waals surface area (Å²) in [5.41, 5.74) is 0.489. The van der Waals surface area contributed by atoms with Crippen LogP contribution in [0.5, 0.6) is 0 Å². The number of rotatable bonds is 10. The molecule has 0 spiro atoms. The van der Waals surface area contributed by atoms with Crippen molar-refractivity contribution in [2.75, 3.05) is 30.9 Å². The number of hydrogen-bond donors (Lipinski definition) is 3. The Morgan fingerprint density at radius 2 is 1.88 bits per heavy atom. The van der Waals surface area contributed by atoms with Crippen LogP contribution in [0.4, 0.5) is 20.3 Å². The minimum atomic E-state index is -0.671. The van der Waals surface area contributed by atoms with Crippen molar-refractivity contribution in [2.24, 2.45) is 5.41 Å². The molecule has 1 atom stereocenters. The van der Waals surface area contributed by atoms with Crippen molar-refractivity contribution >= 4 is 11.5 Å². The topological polar surface area (TPSA) is 94.9 Å². The molecule has 0 saturated heterocycles. The SMILES string of the molecule is COC[C@@H](C)N[C@H]1CC[C@H](Nc2cc(-c3cnc(F)c(NCC4(C#N)CC4)c3)c(F)cn2)CC1. The quantitative estimate of drug-likeness (QED) is 0.441. The van der Waals surface area contributed by atoms with Gasteiger partial charge in [0.1, 0.15) is 11.6 Å². The predicted molar refractivity (Wildman–Crippen MR) is 127 cm³/mol. The summed E-state index contributed by atoms with van der Waals surface area (Å²) >= 11 is 0. The molecule has 0 bridgehead atoms. The Bertz CT molecular complexity index is 1030. The number of pyridine rings is 2. The Morgan fingerprint density at radius 1 is 1.15 bits per heavy atom. The van der Waals surface area contributed by atoms with Crippen LogP contribution in [0.3, 0.4) is 0 Å². The first kappa shape index (κ1) is 24.3. The molecule has 0 aromatic carbocycles. The van der Waals surface area contributed by atoms with E-state index in [1.165, 1.54) is 18.5 Å². The van der Waals surface area contributed by atoms with Gasteiger partial charge in [-0.25, -0.2) is 14.4 Å². The Morgan fingerprint density at radius 3 is 2.56 bits per heavy atom. The standard InChI is InChI=1S/C25H32F2N6O/c1-16(13-34-2)32-18-3-5-19(6-4-18)33-23-10-20(21(26)12-29-23)17-9-22(24(27)30-11-17)31-15-25(14-28)7-8-25/h9-12,16,18-19,31-32H,3-8,13,15H2,1-2H3,(H,29,33)/t16-,18-,19-/m1/s1. The van der Waals surface area contributed by atoms with Crippen molar-refractivity contribution in [3.63, 3.8) is 0 Å². The summed E-state index contributed by atoms with van der Waals surface area (Å²) in [5, 5.41) is 19.2. The van der Waals surface area contributed by atoms with Crippen LogP contribution in [-0.4, -0.2) is 48.4 Å². The maximum absolute atomic E-state index is 14.6. The van der Waals surface area contributed by atoms with Gasteiger partial charge in [0.2, 0.25) is 5.95 Å². The van der Waals surface area contributed by atoms with Crippen LogP contribution in [0.1, 0.15) is 45.4 Å². The fraction of sp³-hybridized carbons (Fsp3) is 0.560. The van der Waals surface area contributed by atoms with E-state index in [4.69, 9.17) is 4.74 Å². The largest absolute Gasteiger partial charge is 0.383 e. The number of aromatic nitrogens is 2. The minimum Gasteiger partial charge on any atom is -0.383 e. The third-order valence-electron chi connectivity index (χ3n) is 6.73. The third-order valence-corrected chi connectivity index (χ3v) is 6.73. The van der Waals surface area contributed by atoms with Crippen molar-refractivity contribution in [3.8, 4) is 17.2 Å². The molecule has 2 aromatic rings. The molecule has 0 radical (unpaired) electrons. The molecular formula is C25H32F2N6O. The van der Waals surface area contributed by atoms with Crippen molar-refractivity contribution in [2.45, 2.75) is 63.6 Å². The molecule has 2 saturated carbocycles. The molecule has 0 aliphatic heterocycles. The second-order valence-corrected chi connectivity index (χ2v) is 9.57. The second-order valence-electron chi connectivity index (χ2n) is 9.57. The number of nitrogens with zero attached hydrogens (tertiary/aromatic N) is 3. The van der Waals surface area contributed by atoms with Gasteiger partial charge in [0.05, 0.1) is 30.0 Å². The summed E-state index contributed by atoms with van der Waals surface area (Å²) in [6.07, 6.45) is 8.15. The molecule has 2 heterocycles. The molecule has 2 fully saturated rings. The van der Waals surface area contributed by atoms with Gasteiger partial charge in [0.25, 0.3) is 0 Å². The highest BCUT2D eigenvalue weighted by Gasteiger charge is 2.43. The van der Waals surface area contributed by atoms with Gasteiger partial charge in [-0.15, -0.1) is 0 Å². The van der Waals surface area contributed by atoms with Crippen LogP contribution >= 0.6 is 0 Å². The number of nitrogens with one attached hydrogen (secondary N) is 3. The number of hydrogen-bond acceptors (Lipinski definition) is 7. The molecular weight excluding hydrogens is 438 g/mol. The van der Waals surface area contributed by atoms with Crippen LogP contribution in [0.25, 0.3) is 11.1 Å². The van der Waals surface area contributed by atoms with Crippen molar-refractivity contribution < 1.29 is 13.5 Å². The number of halogens is 2. The van der Waals surface area contributed by atoms with Gasteiger partial charge in [0.15, 0.2) is 0 Å². The fourth-order valence-corrected chi connectivity index (χ4v) is 4.52. The lowest BCUT2D eigenvalue weighted by Crippen LogP contribution is -2.42. The minimum absolute atomic E-state index is 0.165. The highest BCUT2D eigenvalue weighted by atomic mass is 19.1. The predicted octanol–water partition coefficient (Wildman–Crippen LogP) is 4.49. The normalized spacial score (nSPS) is 22.0. The monoisotopic (exact) mass is 470 g/mol. The number of ether oxygens (including phenoxy) is 1. The highest BCUT2D eigenvalue weighted by Crippen LogP contribution is 2.45. The summed E-state index contributed by atoms with van der Waals surface area (Å²) in [5.74, 6) is -0.586. The van der Waals surface area contributed by atoms with Gasteiger partial charge < -0.3 is 20.7 Å². The second kappa shape index (κ2) is 10.6. The molecule has 0 amide bonds. The van der Waals surface area contributed by atoms with E-state index >= 15 is 0 Å². The lowest BCUT2D eigenvalue weighted by molar-refractivity contribution is 0.161. The van der Waals surface area contributed by atoms with Gasteiger partial charge in [-0.05, 0) is 57.6 Å². The summed E-state index contributed by atoms with van der Waals surface area (Å²) < 4.78 is 34.1. The van der Waals surface area contributed by atoms with E-state index in [-0.39, 0.29) is 11.7 Å². The molecule has 0 unspecified atom stereocenters. The smallest absolute Gasteiger partial charge is 0.236 e. The molecule has 2 aromatic heterocycles. The van der Waals surface area contributed by atoms with Gasteiger partial charge in [-0.1, -0.05) is 0 Å². The molecule has 4 rings (SSSR count). The molecule has 7 nitrogen and oxygen atoms in total. The molecule has 34 heavy (non-hydrogen) atoms. The van der Waals surface area contributed by atoms with Crippen LogP contribution in [-0.2, 0) is 4.74 Å². The summed E-state index contributed by atoms with van der Waals surface area (Å²) in [6, 6.07) is 6.50. The van der Waals surface area contributed by atoms with Crippen molar-refractivity contribution in [3.05, 3.63) is 36.3 Å². The number of methoxy groups -OCH3 is 1. The Labute approximate surface area is 199 Å². The van der Waals surface area contributed by atoms with E-state index in [0.29, 0.717) is 42.2 Å². The van der Waals surface area contributed by atoms with E-state index < -0.39 is 17.2 Å². The molecule has 2 aliphatic rings. The van der Waals surface area contributed by atoms with Gasteiger partial charge in [-0.2, -0.15) is 9.65 Å². The molecule has 3 N–H and O–H groups in total. The third kappa shape index (κ3) is 5.99. The number of nitriles is 1. The summed E-state index contributed by atoms with van der Waals surface area (Å²) in [7, 11) is 1.71. The number of anilines is 2. The lowest BCUT2D eigenvalue weighted by atomic mass is 9.90. The van der Waals surface area contributed by atoms with E-state index in [1.807, 2.05) is 0 Å². The molecule has 2 aliphatic carbocycles. The van der Waals surface area contributed by atoms with Gasteiger partial charge in [0, 0.05) is 49.1 Å². The lowest BCUT2D eigenvalue weighted by Gasteiger charge is -2.31. The van der Waals surface area contributed by atoms with Crippen LogP contribution in [0, 0.1) is 28.5 Å². The first-order valence-electron chi connectivity index (χ1n) is 11.9. The Hall–Kier alpha value is -2.83. The van der Waals surface area contributed by atoms with Crippen molar-refractivity contribution in [1.82, 2.24) is 15.3 Å². The average Bonchev–Trinajstić information content (AvgIpc) is 3.62. The maximum atomic E-state index is 14.6. The summed E-state index contributed by atoms with van der Waals surface area (Å²) in [6.45, 7) is 3.16. The van der Waals surface area contributed by atoms with Crippen molar-refractivity contribution in [1.29, 1.82) is 5.26 Å². The summed E-state index contributed by atoms with van der Waals surface area (Å²) in [4.78, 5) is 8.01. The van der Waals surface area contributed by atoms with E-state index in [2.05, 4.69) is 38.9 Å². The fourth-order valence-electron chi connectivity index (χ4n) is 4.52. The zero-order valence-electron chi connectivity index (χ0n) is 19.7. The van der Waals surface area contributed by atoms with E-state index in [1.54, 1.807) is 13.2 Å². The molecule has 182 valence electrons. The van der Waals surface area contributed by atoms with Gasteiger partial charge >= 0.3 is 0 Å². The molecule has 9 heteroatoms. The zero-order chi connectivity index (χ0) is 24.1. The first-order chi connectivity index (χ1) is 16.4. The first-order valence-corrected chi connectivity index (χ1v) is 11.9. The highest BCUT2D eigenvalue weighted by molar-refractivity contribution is 5.69. The van der Waals surface area contributed by atoms with E-state index in [9.17, 15) is 14.0 Å². The van der Waals surface area contributed by atoms with Gasteiger partial charge in [-0.3, -0.25) is 0 Å². The van der Waals surface area contributed by atoms with Crippen LogP contribution < -0.4 is 16.0 Å². The maximum Gasteiger partial charge on any atom is 0.236 e. The van der Waals surface area contributed by atoms with Crippen LogP contribution in [0.15, 0.2) is 24.5 Å². The Balaban J connectivity index is 1.40. The van der Waals surface area contributed by atoms with Crippen LogP contribution in [0.2, 0.25) is 0 Å². The Kier molecular flexibility index (Phi) is 7.59. The zero-order valence-corrected chi connectivity index (χ0v) is 19.7. The average molecular weight is 471 g/mol. The van der Waals surface area contributed by atoms with E-state index in [0.717, 1.165) is 38.5 Å².